The maximum absolute atomic E-state index is 12.0. The van der Waals surface area contributed by atoms with Crippen molar-refractivity contribution in [2.45, 2.75) is 13.3 Å². The summed E-state index contributed by atoms with van der Waals surface area (Å²) in [6.45, 7) is 2.80. The Morgan fingerprint density at radius 1 is 1.40 bits per heavy atom. The van der Waals surface area contributed by atoms with E-state index in [-0.39, 0.29) is 23.2 Å². The van der Waals surface area contributed by atoms with Crippen LogP contribution >= 0.6 is 11.6 Å². The number of carbonyl (C=O) groups is 2. The van der Waals surface area contributed by atoms with Crippen LogP contribution in [0.1, 0.15) is 23.7 Å². The fourth-order valence-corrected chi connectivity index (χ4v) is 1.90. The number of aromatic carboxylic acids is 1. The van der Waals surface area contributed by atoms with Crippen LogP contribution in [-0.2, 0) is 0 Å². The second-order valence-electron chi connectivity index (χ2n) is 4.09. The van der Waals surface area contributed by atoms with Crippen LogP contribution in [0.2, 0.25) is 5.02 Å². The van der Waals surface area contributed by atoms with Crippen molar-refractivity contribution in [1.29, 1.82) is 0 Å². The number of amides is 2. The Balaban J connectivity index is 2.74. The Kier molecular flexibility index (Phi) is 6.27. The minimum absolute atomic E-state index is 0.0164. The first kappa shape index (κ1) is 16.3. The van der Waals surface area contributed by atoms with Gasteiger partial charge < -0.3 is 20.4 Å². The van der Waals surface area contributed by atoms with Gasteiger partial charge in [-0.2, -0.15) is 0 Å². The number of nitrogens with one attached hydrogen (secondary N) is 1. The maximum Gasteiger partial charge on any atom is 0.337 e. The van der Waals surface area contributed by atoms with Crippen LogP contribution < -0.4 is 5.32 Å². The molecule has 0 aliphatic heterocycles. The molecule has 0 radical (unpaired) electrons. The number of carboxylic acids is 1. The van der Waals surface area contributed by atoms with E-state index in [1.54, 1.807) is 0 Å². The number of nitrogens with zero attached hydrogens (tertiary/aromatic N) is 1. The number of urea groups is 1. The molecule has 0 fully saturated rings. The number of hydrogen-bond acceptors (Lipinski definition) is 3. The highest BCUT2D eigenvalue weighted by Gasteiger charge is 2.13. The fourth-order valence-electron chi connectivity index (χ4n) is 1.63. The lowest BCUT2D eigenvalue weighted by molar-refractivity contribution is 0.0697. The van der Waals surface area contributed by atoms with Crippen molar-refractivity contribution in [2.24, 2.45) is 0 Å². The van der Waals surface area contributed by atoms with Gasteiger partial charge in [0.05, 0.1) is 10.6 Å². The summed E-state index contributed by atoms with van der Waals surface area (Å²) in [4.78, 5) is 24.3. The third-order valence-electron chi connectivity index (χ3n) is 2.71. The van der Waals surface area contributed by atoms with Crippen LogP contribution in [-0.4, -0.2) is 46.8 Å². The molecule has 0 saturated heterocycles. The predicted octanol–water partition coefficient (Wildman–Crippen LogP) is 2.27. The number of anilines is 1. The Morgan fingerprint density at radius 3 is 2.60 bits per heavy atom. The average molecular weight is 301 g/mol. The number of aliphatic hydroxyl groups is 1. The Morgan fingerprint density at radius 2 is 2.10 bits per heavy atom. The van der Waals surface area contributed by atoms with E-state index in [4.69, 9.17) is 21.8 Å². The largest absolute Gasteiger partial charge is 0.478 e. The van der Waals surface area contributed by atoms with Crippen LogP contribution in [0.4, 0.5) is 10.5 Å². The molecule has 0 saturated carbocycles. The molecule has 0 spiro atoms. The molecule has 0 heterocycles. The van der Waals surface area contributed by atoms with Crippen molar-refractivity contribution in [3.8, 4) is 0 Å². The summed E-state index contributed by atoms with van der Waals surface area (Å²) in [6.07, 6.45) is 0.500. The molecule has 1 aromatic rings. The fraction of sp³-hybridized carbons (Fsp3) is 0.385. The zero-order valence-electron chi connectivity index (χ0n) is 11.1. The number of carbonyl (C=O) groups excluding carboxylic acids is 1. The third-order valence-corrected chi connectivity index (χ3v) is 3.02. The SMILES string of the molecule is CCN(CCCO)C(=O)Nc1ccc(C(=O)O)c(Cl)c1. The quantitative estimate of drug-likeness (QED) is 0.752. The summed E-state index contributed by atoms with van der Waals surface area (Å²) in [5.74, 6) is -1.12. The van der Waals surface area contributed by atoms with Gasteiger partial charge in [-0.1, -0.05) is 11.6 Å². The summed E-state index contributed by atoms with van der Waals surface area (Å²) in [5.41, 5.74) is 0.407. The van der Waals surface area contributed by atoms with Gasteiger partial charge in [0.15, 0.2) is 0 Å². The van der Waals surface area contributed by atoms with Gasteiger partial charge in [-0.15, -0.1) is 0 Å². The smallest absolute Gasteiger partial charge is 0.337 e. The summed E-state index contributed by atoms with van der Waals surface area (Å²) >= 11 is 5.83. The van der Waals surface area contributed by atoms with Crippen LogP contribution in [0.15, 0.2) is 18.2 Å². The first-order chi connectivity index (χ1) is 9.49. The van der Waals surface area contributed by atoms with Gasteiger partial charge in [0, 0.05) is 25.4 Å². The van der Waals surface area contributed by atoms with Gasteiger partial charge in [0.1, 0.15) is 0 Å². The molecule has 0 aliphatic carbocycles. The first-order valence-electron chi connectivity index (χ1n) is 6.19. The second-order valence-corrected chi connectivity index (χ2v) is 4.49. The molecule has 7 heteroatoms. The van der Waals surface area contributed by atoms with Crippen molar-refractivity contribution in [1.82, 2.24) is 4.90 Å². The number of halogens is 1. The van der Waals surface area contributed by atoms with E-state index >= 15 is 0 Å². The highest BCUT2D eigenvalue weighted by Crippen LogP contribution is 2.21. The molecule has 20 heavy (non-hydrogen) atoms. The van der Waals surface area contributed by atoms with Gasteiger partial charge in [0.25, 0.3) is 0 Å². The zero-order valence-corrected chi connectivity index (χ0v) is 11.9. The lowest BCUT2D eigenvalue weighted by Crippen LogP contribution is -2.35. The number of carboxylic acid groups (broad SMARTS) is 1. The lowest BCUT2D eigenvalue weighted by Gasteiger charge is -2.21. The zero-order chi connectivity index (χ0) is 15.1. The molecule has 1 aromatic carbocycles. The minimum atomic E-state index is -1.12. The van der Waals surface area contributed by atoms with E-state index in [2.05, 4.69) is 5.32 Å². The molecule has 3 N–H and O–H groups in total. The molecular formula is C13H17ClN2O4. The first-order valence-corrected chi connectivity index (χ1v) is 6.57. The van der Waals surface area contributed by atoms with E-state index in [1.807, 2.05) is 6.92 Å². The number of hydrogen-bond donors (Lipinski definition) is 3. The molecule has 6 nitrogen and oxygen atoms in total. The van der Waals surface area contributed by atoms with E-state index in [0.717, 1.165) is 0 Å². The van der Waals surface area contributed by atoms with Crippen molar-refractivity contribution >= 4 is 29.3 Å². The van der Waals surface area contributed by atoms with Crippen molar-refractivity contribution in [2.75, 3.05) is 25.0 Å². The number of benzene rings is 1. The predicted molar refractivity (Wildman–Crippen MR) is 76.4 cm³/mol. The summed E-state index contributed by atoms with van der Waals surface area (Å²) < 4.78 is 0. The lowest BCUT2D eigenvalue weighted by atomic mass is 10.2. The van der Waals surface area contributed by atoms with Gasteiger partial charge >= 0.3 is 12.0 Å². The monoisotopic (exact) mass is 300 g/mol. The van der Waals surface area contributed by atoms with Crippen molar-refractivity contribution in [3.63, 3.8) is 0 Å². The molecule has 1 rings (SSSR count). The molecule has 110 valence electrons. The summed E-state index contributed by atoms with van der Waals surface area (Å²) in [7, 11) is 0. The molecule has 0 bridgehead atoms. The average Bonchev–Trinajstić information content (AvgIpc) is 2.39. The molecule has 0 aromatic heterocycles. The van der Waals surface area contributed by atoms with Gasteiger partial charge in [0.2, 0.25) is 0 Å². The summed E-state index contributed by atoms with van der Waals surface area (Å²) in [6, 6.07) is 3.89. The third kappa shape index (κ3) is 4.40. The molecule has 0 aliphatic rings. The highest BCUT2D eigenvalue weighted by molar-refractivity contribution is 6.33. The van der Waals surface area contributed by atoms with Crippen LogP contribution in [0, 0.1) is 0 Å². The molecule has 2 amide bonds. The Bertz CT molecular complexity index is 493. The molecule has 0 unspecified atom stereocenters. The van der Waals surface area contributed by atoms with Gasteiger partial charge in [-0.25, -0.2) is 9.59 Å². The van der Waals surface area contributed by atoms with Gasteiger partial charge in [-0.3, -0.25) is 0 Å². The number of aliphatic hydroxyl groups excluding tert-OH is 1. The van der Waals surface area contributed by atoms with Crippen molar-refractivity contribution in [3.05, 3.63) is 28.8 Å². The number of rotatable bonds is 6. The Hall–Kier alpha value is -1.79. The van der Waals surface area contributed by atoms with Crippen LogP contribution in [0.3, 0.4) is 0 Å². The normalized spacial score (nSPS) is 10.2. The maximum atomic E-state index is 12.0. The van der Waals surface area contributed by atoms with E-state index in [9.17, 15) is 9.59 Å². The molecule has 0 atom stereocenters. The topological polar surface area (TPSA) is 89.9 Å². The highest BCUT2D eigenvalue weighted by atomic mass is 35.5. The van der Waals surface area contributed by atoms with Crippen molar-refractivity contribution < 1.29 is 19.8 Å². The van der Waals surface area contributed by atoms with Gasteiger partial charge in [-0.05, 0) is 31.5 Å². The van der Waals surface area contributed by atoms with Crippen LogP contribution in [0.5, 0.6) is 0 Å². The second kappa shape index (κ2) is 7.72. The van der Waals surface area contributed by atoms with E-state index in [1.165, 1.54) is 23.1 Å². The van der Waals surface area contributed by atoms with Crippen LogP contribution in [0.25, 0.3) is 0 Å². The Labute approximate surface area is 122 Å². The summed E-state index contributed by atoms with van der Waals surface area (Å²) in [5, 5.41) is 20.3. The van der Waals surface area contributed by atoms with E-state index in [0.29, 0.717) is 25.2 Å². The minimum Gasteiger partial charge on any atom is -0.478 e. The van der Waals surface area contributed by atoms with E-state index < -0.39 is 5.97 Å². The standard InChI is InChI=1S/C13H17ClN2O4/c1-2-16(6-3-7-17)13(20)15-9-4-5-10(12(18)19)11(14)8-9/h4-5,8,17H,2-3,6-7H2,1H3,(H,15,20)(H,18,19). The molecular weight excluding hydrogens is 284 g/mol.